The number of pyridine rings is 1. The van der Waals surface area contributed by atoms with Crippen molar-refractivity contribution in [1.29, 1.82) is 0 Å². The van der Waals surface area contributed by atoms with E-state index in [1.54, 1.807) is 21.0 Å². The van der Waals surface area contributed by atoms with E-state index in [1.807, 2.05) is 0 Å². The zero-order valence-corrected chi connectivity index (χ0v) is 19.1. The SMILES string of the molecule is CCN1C[C@@]2(C[C@@H]2C(=O)N(C)C)n2cc(C(=O)CCc3ccc(F)cc3F)c(=O)c(O)c2C1=O. The van der Waals surface area contributed by atoms with Crippen LogP contribution in [0.3, 0.4) is 0 Å². The smallest absolute Gasteiger partial charge is 0.274 e. The Hall–Kier alpha value is -3.56. The minimum absolute atomic E-state index is 0.0810. The molecule has 2 amide bonds. The molecule has 34 heavy (non-hydrogen) atoms. The second-order valence-corrected chi connectivity index (χ2v) is 9.01. The molecule has 2 aromatic rings. The van der Waals surface area contributed by atoms with Crippen LogP contribution in [0.2, 0.25) is 0 Å². The summed E-state index contributed by atoms with van der Waals surface area (Å²) in [5.74, 6) is -4.24. The molecule has 0 unspecified atom stereocenters. The van der Waals surface area contributed by atoms with Crippen LogP contribution in [0.1, 0.15) is 46.2 Å². The lowest BCUT2D eigenvalue weighted by molar-refractivity contribution is -0.131. The zero-order chi connectivity index (χ0) is 24.9. The van der Waals surface area contributed by atoms with Crippen LogP contribution in [0.5, 0.6) is 5.75 Å². The fraction of sp³-hybridized carbons (Fsp3) is 0.417. The van der Waals surface area contributed by atoms with Crippen LogP contribution in [-0.2, 0) is 16.8 Å². The van der Waals surface area contributed by atoms with E-state index in [0.717, 1.165) is 6.07 Å². The van der Waals surface area contributed by atoms with Crippen molar-refractivity contribution in [3.05, 3.63) is 63.1 Å². The molecule has 1 aromatic heterocycles. The van der Waals surface area contributed by atoms with E-state index in [4.69, 9.17) is 0 Å². The van der Waals surface area contributed by atoms with E-state index in [0.29, 0.717) is 19.0 Å². The van der Waals surface area contributed by atoms with Crippen molar-refractivity contribution in [3.63, 3.8) is 0 Å². The Kier molecular flexibility index (Phi) is 5.79. The lowest BCUT2D eigenvalue weighted by Gasteiger charge is -2.37. The van der Waals surface area contributed by atoms with Gasteiger partial charge in [-0.15, -0.1) is 0 Å². The first kappa shape index (κ1) is 23.6. The van der Waals surface area contributed by atoms with Gasteiger partial charge in [0.15, 0.2) is 17.2 Å². The number of fused-ring (bicyclic) bond motifs is 2. The van der Waals surface area contributed by atoms with Gasteiger partial charge in [-0.05, 0) is 31.4 Å². The maximum atomic E-state index is 13.9. The van der Waals surface area contributed by atoms with Crippen LogP contribution in [0.4, 0.5) is 8.78 Å². The summed E-state index contributed by atoms with van der Waals surface area (Å²) in [6.45, 7) is 2.28. The van der Waals surface area contributed by atoms with Gasteiger partial charge in [-0.1, -0.05) is 6.07 Å². The lowest BCUT2D eigenvalue weighted by atomic mass is 9.99. The van der Waals surface area contributed by atoms with Crippen LogP contribution in [0.15, 0.2) is 29.2 Å². The molecule has 1 N–H and O–H groups in total. The van der Waals surface area contributed by atoms with Gasteiger partial charge in [-0.2, -0.15) is 0 Å². The van der Waals surface area contributed by atoms with Gasteiger partial charge in [0.05, 0.1) is 17.0 Å². The van der Waals surface area contributed by atoms with Crippen LogP contribution < -0.4 is 5.43 Å². The Bertz CT molecular complexity index is 1270. The normalized spacial score (nSPS) is 20.9. The zero-order valence-electron chi connectivity index (χ0n) is 19.1. The van der Waals surface area contributed by atoms with Crippen molar-refractivity contribution >= 4 is 17.6 Å². The van der Waals surface area contributed by atoms with E-state index in [2.05, 4.69) is 0 Å². The number of likely N-dealkylation sites (N-methyl/N-ethyl adjacent to an activating group) is 1. The molecule has 2 aliphatic rings. The molecular weight excluding hydrogens is 448 g/mol. The van der Waals surface area contributed by atoms with E-state index < -0.39 is 46.0 Å². The number of amides is 2. The van der Waals surface area contributed by atoms with Gasteiger partial charge in [0.2, 0.25) is 11.3 Å². The molecule has 10 heteroatoms. The van der Waals surface area contributed by atoms with E-state index in [1.165, 1.54) is 26.6 Å². The molecule has 2 atom stereocenters. The Balaban J connectivity index is 1.73. The number of carbonyl (C=O) groups excluding carboxylic acids is 3. The fourth-order valence-corrected chi connectivity index (χ4v) is 4.71. The summed E-state index contributed by atoms with van der Waals surface area (Å²) in [6.07, 6.45) is 1.28. The number of aromatic hydroxyl groups is 1. The molecule has 8 nitrogen and oxygen atoms in total. The summed E-state index contributed by atoms with van der Waals surface area (Å²) in [6, 6.07) is 3.01. The number of hydrogen-bond donors (Lipinski definition) is 1. The highest BCUT2D eigenvalue weighted by molar-refractivity contribution is 6.00. The van der Waals surface area contributed by atoms with Crippen molar-refractivity contribution in [2.45, 2.75) is 31.7 Å². The molecule has 1 aromatic carbocycles. The third-order valence-electron chi connectivity index (χ3n) is 6.72. The standard InChI is InChI=1S/C24H25F2N3O5/c1-4-28-12-24(10-16(24)22(33)27(2)3)29-11-15(20(31)21(32)19(29)23(28)34)18(30)8-6-13-5-7-14(25)9-17(13)26/h5,7,9,11,16,32H,4,6,8,10,12H2,1-3H3/t16-,24-/m1/s1. The van der Waals surface area contributed by atoms with Crippen molar-refractivity contribution < 1.29 is 28.3 Å². The van der Waals surface area contributed by atoms with Gasteiger partial charge < -0.3 is 19.5 Å². The largest absolute Gasteiger partial charge is 0.503 e. The molecule has 0 radical (unpaired) electrons. The minimum atomic E-state index is -0.992. The molecule has 0 bridgehead atoms. The van der Waals surface area contributed by atoms with Crippen LogP contribution in [0.25, 0.3) is 0 Å². The predicted octanol–water partition coefficient (Wildman–Crippen LogP) is 1.93. The van der Waals surface area contributed by atoms with Crippen molar-refractivity contribution in [3.8, 4) is 5.75 Å². The molecular formula is C24H25F2N3O5. The molecule has 1 aliphatic carbocycles. The summed E-state index contributed by atoms with van der Waals surface area (Å²) in [7, 11) is 3.24. The number of aromatic nitrogens is 1. The number of ketones is 1. The maximum Gasteiger partial charge on any atom is 0.274 e. The minimum Gasteiger partial charge on any atom is -0.503 e. The number of hydrogen-bond acceptors (Lipinski definition) is 5. The van der Waals surface area contributed by atoms with E-state index in [-0.39, 0.29) is 42.1 Å². The second-order valence-electron chi connectivity index (χ2n) is 9.01. The van der Waals surface area contributed by atoms with Crippen LogP contribution in [-0.4, -0.2) is 64.3 Å². The fourth-order valence-electron chi connectivity index (χ4n) is 4.71. The lowest BCUT2D eigenvalue weighted by Crippen LogP contribution is -2.50. The molecule has 1 fully saturated rings. The van der Waals surface area contributed by atoms with E-state index in [9.17, 15) is 33.1 Å². The third kappa shape index (κ3) is 3.66. The highest BCUT2D eigenvalue weighted by Crippen LogP contribution is 2.54. The number of benzene rings is 1. The Morgan fingerprint density at radius 2 is 1.94 bits per heavy atom. The number of aryl methyl sites for hydroxylation is 1. The third-order valence-corrected chi connectivity index (χ3v) is 6.72. The summed E-state index contributed by atoms with van der Waals surface area (Å²) >= 11 is 0. The first-order valence-electron chi connectivity index (χ1n) is 11.0. The monoisotopic (exact) mass is 473 g/mol. The summed E-state index contributed by atoms with van der Waals surface area (Å²) < 4.78 is 28.5. The number of rotatable bonds is 6. The van der Waals surface area contributed by atoms with E-state index >= 15 is 0 Å². The maximum absolute atomic E-state index is 13.9. The number of nitrogens with zero attached hydrogens (tertiary/aromatic N) is 3. The number of Topliss-reactive ketones (excluding diaryl/α,β-unsaturated/α-hetero) is 1. The van der Waals surface area contributed by atoms with Gasteiger partial charge in [0.1, 0.15) is 11.6 Å². The molecule has 1 aliphatic heterocycles. The average Bonchev–Trinajstić information content (AvgIpc) is 3.51. The highest BCUT2D eigenvalue weighted by Gasteiger charge is 2.64. The van der Waals surface area contributed by atoms with Crippen molar-refractivity contribution in [2.75, 3.05) is 27.2 Å². The van der Waals surface area contributed by atoms with Crippen LogP contribution in [0, 0.1) is 17.6 Å². The molecule has 1 saturated carbocycles. The Morgan fingerprint density at radius 1 is 1.24 bits per heavy atom. The average molecular weight is 473 g/mol. The first-order valence-corrected chi connectivity index (χ1v) is 11.0. The first-order chi connectivity index (χ1) is 16.0. The van der Waals surface area contributed by atoms with Gasteiger partial charge in [-0.25, -0.2) is 8.78 Å². The van der Waals surface area contributed by atoms with Gasteiger partial charge in [0.25, 0.3) is 5.91 Å². The molecule has 180 valence electrons. The Labute approximate surface area is 194 Å². The van der Waals surface area contributed by atoms with Crippen molar-refractivity contribution in [1.82, 2.24) is 14.4 Å². The summed E-state index contributed by atoms with van der Waals surface area (Å²) in [4.78, 5) is 54.3. The van der Waals surface area contributed by atoms with Gasteiger partial charge in [0, 0.05) is 45.9 Å². The highest BCUT2D eigenvalue weighted by atomic mass is 19.1. The summed E-state index contributed by atoms with van der Waals surface area (Å²) in [5, 5.41) is 10.7. The van der Waals surface area contributed by atoms with Gasteiger partial charge in [-0.3, -0.25) is 19.2 Å². The predicted molar refractivity (Wildman–Crippen MR) is 118 cm³/mol. The molecule has 2 heterocycles. The summed E-state index contributed by atoms with van der Waals surface area (Å²) in [5.41, 5.74) is -2.34. The van der Waals surface area contributed by atoms with Crippen molar-refractivity contribution in [2.24, 2.45) is 5.92 Å². The number of halogens is 2. The molecule has 4 rings (SSSR count). The molecule has 1 spiro atoms. The van der Waals surface area contributed by atoms with Crippen LogP contribution >= 0.6 is 0 Å². The molecule has 0 saturated heterocycles. The topological polar surface area (TPSA) is 99.9 Å². The quantitative estimate of drug-likeness (QED) is 0.647. The van der Waals surface area contributed by atoms with Gasteiger partial charge >= 0.3 is 0 Å². The Morgan fingerprint density at radius 3 is 2.56 bits per heavy atom. The number of carbonyl (C=O) groups is 3. The second kappa shape index (κ2) is 8.34.